The first kappa shape index (κ1) is 12.8. The molecule has 3 unspecified atom stereocenters. The van der Waals surface area contributed by atoms with E-state index in [1.54, 1.807) is 13.2 Å². The minimum atomic E-state index is -0.470. The van der Waals surface area contributed by atoms with Crippen LogP contribution in [0.25, 0.3) is 0 Å². The van der Waals surface area contributed by atoms with Gasteiger partial charge in [0, 0.05) is 10.6 Å². The first-order valence-electron chi connectivity index (χ1n) is 6.31. The summed E-state index contributed by atoms with van der Waals surface area (Å²) < 4.78 is 6.19. The highest BCUT2D eigenvalue weighted by Gasteiger charge is 2.48. The van der Waals surface area contributed by atoms with E-state index in [0.29, 0.717) is 16.7 Å². The number of benzene rings is 1. The van der Waals surface area contributed by atoms with Gasteiger partial charge in [0.2, 0.25) is 0 Å². The second-order valence-electron chi connectivity index (χ2n) is 5.44. The predicted octanol–water partition coefficient (Wildman–Crippen LogP) is 4.19. The van der Waals surface area contributed by atoms with Crippen molar-refractivity contribution >= 4 is 27.5 Å². The summed E-state index contributed by atoms with van der Waals surface area (Å²) >= 11 is 9.51. The number of methoxy groups -OCH3 is 1. The van der Waals surface area contributed by atoms with Gasteiger partial charge >= 0.3 is 0 Å². The molecule has 0 radical (unpaired) electrons. The van der Waals surface area contributed by atoms with E-state index in [-0.39, 0.29) is 0 Å². The zero-order valence-electron chi connectivity index (χ0n) is 10.2. The molecule has 0 aromatic heterocycles. The molecule has 1 N–H and O–H groups in total. The number of rotatable bonds is 3. The Morgan fingerprint density at radius 1 is 1.33 bits per heavy atom. The Bertz CT molecular complexity index is 467. The quantitative estimate of drug-likeness (QED) is 0.900. The van der Waals surface area contributed by atoms with Gasteiger partial charge in [-0.05, 0) is 65.1 Å². The van der Waals surface area contributed by atoms with Crippen molar-refractivity contribution in [1.82, 2.24) is 0 Å². The minimum absolute atomic E-state index is 0.355. The number of fused-ring (bicyclic) bond motifs is 1. The molecule has 2 fully saturated rings. The Morgan fingerprint density at radius 2 is 2.00 bits per heavy atom. The van der Waals surface area contributed by atoms with Gasteiger partial charge in [-0.25, -0.2) is 0 Å². The molecule has 2 nitrogen and oxygen atoms in total. The molecule has 0 spiro atoms. The summed E-state index contributed by atoms with van der Waals surface area (Å²) in [6, 6.07) is 3.61. The van der Waals surface area contributed by atoms with Crippen molar-refractivity contribution in [1.29, 1.82) is 0 Å². The number of halogens is 2. The highest BCUT2D eigenvalue weighted by molar-refractivity contribution is 9.10. The Labute approximate surface area is 120 Å². The second-order valence-corrected chi connectivity index (χ2v) is 6.73. The maximum Gasteiger partial charge on any atom is 0.138 e. The lowest BCUT2D eigenvalue weighted by atomic mass is 9.91. The minimum Gasteiger partial charge on any atom is -0.495 e. The van der Waals surface area contributed by atoms with Gasteiger partial charge in [0.05, 0.1) is 17.7 Å². The summed E-state index contributed by atoms with van der Waals surface area (Å²) in [5.74, 6) is 2.78. The summed E-state index contributed by atoms with van der Waals surface area (Å²) in [6.45, 7) is 0. The van der Waals surface area contributed by atoms with Crippen LogP contribution in [0.4, 0.5) is 0 Å². The number of aliphatic hydroxyl groups is 1. The van der Waals surface area contributed by atoms with Gasteiger partial charge in [-0.3, -0.25) is 0 Å². The monoisotopic (exact) mass is 330 g/mol. The Balaban J connectivity index is 1.90. The van der Waals surface area contributed by atoms with E-state index < -0.39 is 6.10 Å². The van der Waals surface area contributed by atoms with E-state index in [1.165, 1.54) is 6.42 Å². The standard InChI is InChI=1S/C14H16BrClO2/c1-18-14-11(5-10(16)6-12(14)15)13(17)9-3-7-2-8(7)4-9/h5-9,13,17H,2-4H2,1H3. The summed E-state index contributed by atoms with van der Waals surface area (Å²) in [5.41, 5.74) is 0.808. The van der Waals surface area contributed by atoms with Crippen LogP contribution in [0.5, 0.6) is 5.75 Å². The van der Waals surface area contributed by atoms with Crippen molar-refractivity contribution in [2.24, 2.45) is 17.8 Å². The molecule has 3 atom stereocenters. The summed E-state index contributed by atoms with van der Waals surface area (Å²) in [6.07, 6.45) is 3.17. The van der Waals surface area contributed by atoms with Crippen LogP contribution in [0, 0.1) is 17.8 Å². The number of aliphatic hydroxyl groups excluding tert-OH is 1. The lowest BCUT2D eigenvalue weighted by Crippen LogP contribution is -2.12. The fourth-order valence-electron chi connectivity index (χ4n) is 3.29. The lowest BCUT2D eigenvalue weighted by molar-refractivity contribution is 0.101. The molecule has 2 saturated carbocycles. The van der Waals surface area contributed by atoms with Crippen molar-refractivity contribution in [3.05, 3.63) is 27.2 Å². The van der Waals surface area contributed by atoms with Crippen LogP contribution >= 0.6 is 27.5 Å². The van der Waals surface area contributed by atoms with Gasteiger partial charge in [0.25, 0.3) is 0 Å². The van der Waals surface area contributed by atoms with Crippen LogP contribution in [-0.2, 0) is 0 Å². The van der Waals surface area contributed by atoms with Crippen LogP contribution in [-0.4, -0.2) is 12.2 Å². The highest BCUT2D eigenvalue weighted by Crippen LogP contribution is 2.57. The molecule has 2 aliphatic carbocycles. The summed E-state index contributed by atoms with van der Waals surface area (Å²) in [5, 5.41) is 11.2. The molecule has 0 amide bonds. The first-order valence-corrected chi connectivity index (χ1v) is 7.48. The van der Waals surface area contributed by atoms with E-state index >= 15 is 0 Å². The molecule has 3 rings (SSSR count). The van der Waals surface area contributed by atoms with Crippen LogP contribution in [0.1, 0.15) is 30.9 Å². The molecule has 0 heterocycles. The SMILES string of the molecule is COc1c(Br)cc(Cl)cc1C(O)C1CC2CC2C1. The topological polar surface area (TPSA) is 29.5 Å². The van der Waals surface area contributed by atoms with Gasteiger partial charge in [-0.15, -0.1) is 0 Å². The smallest absolute Gasteiger partial charge is 0.138 e. The third-order valence-electron chi connectivity index (χ3n) is 4.29. The molecule has 0 bridgehead atoms. The normalized spacial score (nSPS) is 31.0. The van der Waals surface area contributed by atoms with Crippen molar-refractivity contribution in [3.63, 3.8) is 0 Å². The van der Waals surface area contributed by atoms with Crippen molar-refractivity contribution in [3.8, 4) is 5.75 Å². The fourth-order valence-corrected chi connectivity index (χ4v) is 4.28. The average molecular weight is 332 g/mol. The average Bonchev–Trinajstić information content (AvgIpc) is 2.94. The molecular formula is C14H16BrClO2. The zero-order valence-corrected chi connectivity index (χ0v) is 12.5. The van der Waals surface area contributed by atoms with Crippen molar-refractivity contribution in [2.45, 2.75) is 25.4 Å². The van der Waals surface area contributed by atoms with E-state index in [1.807, 2.05) is 6.07 Å². The van der Waals surface area contributed by atoms with Crippen LogP contribution < -0.4 is 4.74 Å². The third kappa shape index (κ3) is 2.17. The lowest BCUT2D eigenvalue weighted by Gasteiger charge is -2.22. The van der Waals surface area contributed by atoms with Crippen LogP contribution in [0.3, 0.4) is 0 Å². The molecule has 98 valence electrons. The molecular weight excluding hydrogens is 316 g/mol. The Kier molecular flexibility index (Phi) is 3.33. The van der Waals surface area contributed by atoms with Gasteiger partial charge in [0.15, 0.2) is 0 Å². The predicted molar refractivity (Wildman–Crippen MR) is 75.0 cm³/mol. The second kappa shape index (κ2) is 4.69. The number of hydrogen-bond donors (Lipinski definition) is 1. The maximum absolute atomic E-state index is 10.6. The molecule has 4 heteroatoms. The van der Waals surface area contributed by atoms with Gasteiger partial charge in [-0.2, -0.15) is 0 Å². The van der Waals surface area contributed by atoms with Gasteiger partial charge in [0.1, 0.15) is 5.75 Å². The third-order valence-corrected chi connectivity index (χ3v) is 5.09. The maximum atomic E-state index is 10.6. The molecule has 2 aliphatic rings. The zero-order chi connectivity index (χ0) is 12.9. The van der Waals surface area contributed by atoms with E-state index in [2.05, 4.69) is 15.9 Å². The summed E-state index contributed by atoms with van der Waals surface area (Å²) in [4.78, 5) is 0. The fraction of sp³-hybridized carbons (Fsp3) is 0.571. The number of ether oxygens (including phenoxy) is 1. The van der Waals surface area contributed by atoms with Crippen molar-refractivity contribution in [2.75, 3.05) is 7.11 Å². The molecule has 18 heavy (non-hydrogen) atoms. The van der Waals surface area contributed by atoms with Crippen molar-refractivity contribution < 1.29 is 9.84 Å². The van der Waals surface area contributed by atoms with Gasteiger partial charge in [-0.1, -0.05) is 11.6 Å². The van der Waals surface area contributed by atoms with E-state index in [9.17, 15) is 5.11 Å². The molecule has 1 aromatic rings. The van der Waals surface area contributed by atoms with Crippen LogP contribution in [0.15, 0.2) is 16.6 Å². The van der Waals surface area contributed by atoms with Gasteiger partial charge < -0.3 is 9.84 Å². The summed E-state index contributed by atoms with van der Waals surface area (Å²) in [7, 11) is 1.62. The number of hydrogen-bond acceptors (Lipinski definition) is 2. The molecule has 0 saturated heterocycles. The Hall–Kier alpha value is -0.250. The Morgan fingerprint density at radius 3 is 2.61 bits per heavy atom. The van der Waals surface area contributed by atoms with Crippen LogP contribution in [0.2, 0.25) is 5.02 Å². The first-order chi connectivity index (χ1) is 8.60. The molecule has 1 aromatic carbocycles. The van der Waals surface area contributed by atoms with E-state index in [0.717, 1.165) is 34.7 Å². The molecule has 0 aliphatic heterocycles. The highest BCUT2D eigenvalue weighted by atomic mass is 79.9. The van der Waals surface area contributed by atoms with E-state index in [4.69, 9.17) is 16.3 Å². The largest absolute Gasteiger partial charge is 0.495 e.